The summed E-state index contributed by atoms with van der Waals surface area (Å²) >= 11 is -4.90. The summed E-state index contributed by atoms with van der Waals surface area (Å²) in [6.45, 7) is 31.2. The Kier molecular flexibility index (Phi) is 9.61. The monoisotopic (exact) mass is 838 g/mol. The van der Waals surface area contributed by atoms with Crippen molar-refractivity contribution < 1.29 is 18.3 Å². The molecule has 0 heterocycles. The van der Waals surface area contributed by atoms with E-state index in [-0.39, 0.29) is 55.0 Å². The van der Waals surface area contributed by atoms with Gasteiger partial charge in [-0.3, -0.25) is 0 Å². The number of rotatable bonds is 3. The molecule has 0 N–H and O–H groups in total. The Balaban J connectivity index is 0.00000249. The molecule has 288 valence electrons. The topological polar surface area (TPSA) is 0 Å². The predicted octanol–water partition coefficient (Wildman–Crippen LogP) is 14.5. The zero-order valence-corrected chi connectivity index (χ0v) is 39.6. The first-order valence-electron chi connectivity index (χ1n) is 20.3. The van der Waals surface area contributed by atoms with Crippen LogP contribution in [-0.4, -0.2) is 4.21 Å². The predicted molar refractivity (Wildman–Crippen MR) is 240 cm³/mol. The minimum absolute atomic E-state index is 0. The molecule has 0 aromatic heterocycles. The van der Waals surface area contributed by atoms with Crippen molar-refractivity contribution in [1.29, 1.82) is 0 Å². The molecule has 1 saturated carbocycles. The summed E-state index contributed by atoms with van der Waals surface area (Å²) in [4.78, 5) is 0. The first-order chi connectivity index (χ1) is 24.1. The second-order valence-electron chi connectivity index (χ2n) is 21.1. The summed E-state index contributed by atoms with van der Waals surface area (Å²) in [5.41, 5.74) is 10.9. The van der Waals surface area contributed by atoms with Crippen LogP contribution in [-0.2, 0) is 24.7 Å². The van der Waals surface area contributed by atoms with Crippen LogP contribution in [0.25, 0.3) is 16.3 Å². The molecule has 0 aliphatic heterocycles. The Hall–Kier alpha value is -2.05. The molecule has 0 radical (unpaired) electrons. The van der Waals surface area contributed by atoms with Gasteiger partial charge in [-0.2, -0.15) is 0 Å². The molecule has 4 unspecified atom stereocenters. The van der Waals surface area contributed by atoms with Crippen molar-refractivity contribution in [1.82, 2.24) is 0 Å². The van der Waals surface area contributed by atoms with Crippen molar-refractivity contribution in [3.05, 3.63) is 128 Å². The maximum atomic E-state index is 6.07. The van der Waals surface area contributed by atoms with E-state index in [0.29, 0.717) is 11.8 Å². The van der Waals surface area contributed by atoms with Gasteiger partial charge in [0.05, 0.1) is 0 Å². The molecule has 0 saturated heterocycles. The number of halogens is 2. The average molecular weight is 841 g/mol. The fourth-order valence-corrected chi connectivity index (χ4v) is 31.9. The van der Waals surface area contributed by atoms with E-state index in [1.165, 1.54) is 33.9 Å². The molecule has 3 heteroatoms. The molecule has 0 bridgehead atoms. The Bertz CT molecular complexity index is 2310. The van der Waals surface area contributed by atoms with Crippen LogP contribution in [0.3, 0.4) is 0 Å². The molecule has 0 amide bonds. The molecule has 4 atom stereocenters. The fraction of sp³-hybridized carbons (Fsp3) is 0.471. The van der Waals surface area contributed by atoms with Crippen LogP contribution < -0.4 is 3.27 Å². The summed E-state index contributed by atoms with van der Waals surface area (Å²) < 4.78 is 11.9. The van der Waals surface area contributed by atoms with E-state index in [1.54, 1.807) is 28.8 Å². The van der Waals surface area contributed by atoms with Crippen LogP contribution in [0.1, 0.15) is 107 Å². The molecule has 5 aliphatic carbocycles. The van der Waals surface area contributed by atoms with Gasteiger partial charge in [-0.05, 0) is 0 Å². The van der Waals surface area contributed by atoms with E-state index in [1.807, 2.05) is 0 Å². The van der Waals surface area contributed by atoms with Gasteiger partial charge in [-0.1, -0.05) is 0 Å². The van der Waals surface area contributed by atoms with Crippen LogP contribution in [0.15, 0.2) is 117 Å². The second kappa shape index (κ2) is 12.5. The zero-order chi connectivity index (χ0) is 37.7. The second-order valence-corrected chi connectivity index (χ2v) is 36.3. The number of benzene rings is 3. The SMILES string of the molecule is Cl.Cl.[CH2]=[Zr]([CH3])([C]1=CC(C(C)(C)C)=CC1C)([c]1ccc2ccccc2c1)[C]1(C)C2=C3Cc4ccccc4C3=C3C=CCCC3C2(C)C(C)(C)C(C)(C)C1(C)C. The third kappa shape index (κ3) is 4.68. The Labute approximate surface area is 341 Å². The van der Waals surface area contributed by atoms with Gasteiger partial charge in [0.25, 0.3) is 0 Å². The Morgan fingerprint density at radius 2 is 1.41 bits per heavy atom. The first-order valence-corrected chi connectivity index (χ1v) is 28.2. The molecular weight excluding hydrogens is 775 g/mol. The van der Waals surface area contributed by atoms with Crippen molar-refractivity contribution in [2.75, 3.05) is 0 Å². The normalized spacial score (nSPS) is 29.3. The van der Waals surface area contributed by atoms with E-state index in [4.69, 9.17) is 4.21 Å². The molecule has 8 rings (SSSR count). The third-order valence-corrected chi connectivity index (χ3v) is 36.7. The molecule has 3 aromatic rings. The minimum atomic E-state index is -4.90. The quantitative estimate of drug-likeness (QED) is 0.246. The van der Waals surface area contributed by atoms with Crippen LogP contribution in [0, 0.1) is 38.9 Å². The number of hydrogen-bond donors (Lipinski definition) is 0. The van der Waals surface area contributed by atoms with E-state index in [9.17, 15) is 0 Å². The zero-order valence-electron chi connectivity index (χ0n) is 35.5. The van der Waals surface area contributed by atoms with Crippen molar-refractivity contribution in [3.8, 4) is 0 Å². The number of allylic oxidation sites excluding steroid dienone is 10. The molecule has 0 nitrogen and oxygen atoms in total. The molecule has 1 fully saturated rings. The van der Waals surface area contributed by atoms with Crippen molar-refractivity contribution >= 4 is 48.6 Å². The van der Waals surface area contributed by atoms with Gasteiger partial charge < -0.3 is 0 Å². The first kappa shape index (κ1) is 41.6. The summed E-state index contributed by atoms with van der Waals surface area (Å²) in [5.74, 6) is 0.792. The van der Waals surface area contributed by atoms with Crippen molar-refractivity contribution in [3.63, 3.8) is 0 Å². The number of hydrogen-bond acceptors (Lipinski definition) is 0. The van der Waals surface area contributed by atoms with Crippen molar-refractivity contribution in [2.24, 2.45) is 38.9 Å². The van der Waals surface area contributed by atoms with Gasteiger partial charge in [0, 0.05) is 0 Å². The maximum absolute atomic E-state index is 6.07. The van der Waals surface area contributed by atoms with E-state index >= 15 is 0 Å². The molecule has 3 aromatic carbocycles. The van der Waals surface area contributed by atoms with Gasteiger partial charge in [0.15, 0.2) is 0 Å². The van der Waals surface area contributed by atoms with Crippen molar-refractivity contribution in [2.45, 2.75) is 110 Å². The van der Waals surface area contributed by atoms with Crippen LogP contribution in [0.5, 0.6) is 0 Å². The fourth-order valence-electron chi connectivity index (χ4n) is 13.5. The molecule has 0 spiro atoms. The summed E-state index contributed by atoms with van der Waals surface area (Å²) in [6.07, 6.45) is 13.7. The van der Waals surface area contributed by atoms with Crippen LogP contribution in [0.4, 0.5) is 0 Å². The average Bonchev–Trinajstić information content (AvgIpc) is 3.69. The van der Waals surface area contributed by atoms with Gasteiger partial charge in [0.1, 0.15) is 0 Å². The standard InChI is InChI=1S/C29H37.C10H7.C10H15.CH3.CH2.2ClH.Zr/c1-18-25-22-17-19-13-9-10-14-20(19)24(22)21-15-11-12-16-23(21)29(25,8)28(6,7)27(4,5)26(18,2)3;1-2-6-10-8-4-3-7-9(10)5-1;1-8-5-6-9(7-8)10(2,3)4;;;;;/h9-11,13-15,23H,12,16-17H2,1-8H3;1-3,5-8H;6-8H,1-4H3;1H3;1H2;2*1H;. The van der Waals surface area contributed by atoms with E-state index < -0.39 is 18.3 Å². The molecular formula is C51H66Cl2Zr. The van der Waals surface area contributed by atoms with E-state index in [2.05, 4.69) is 179 Å². The molecule has 5 aliphatic rings. The Morgan fingerprint density at radius 1 is 0.778 bits per heavy atom. The van der Waals surface area contributed by atoms with E-state index in [0.717, 1.165) is 12.8 Å². The summed E-state index contributed by atoms with van der Waals surface area (Å²) in [7, 11) is 0. The van der Waals surface area contributed by atoms with Crippen LogP contribution in [0.2, 0.25) is 7.75 Å². The third-order valence-electron chi connectivity index (χ3n) is 18.0. The van der Waals surface area contributed by atoms with Gasteiger partial charge >= 0.3 is 319 Å². The van der Waals surface area contributed by atoms with Gasteiger partial charge in [-0.25, -0.2) is 0 Å². The van der Waals surface area contributed by atoms with Gasteiger partial charge in [-0.15, -0.1) is 24.8 Å². The number of fused-ring (bicyclic) bond motifs is 7. The summed E-state index contributed by atoms with van der Waals surface area (Å²) in [5, 5.41) is 2.66. The van der Waals surface area contributed by atoms with Gasteiger partial charge in [0.2, 0.25) is 0 Å². The Morgan fingerprint density at radius 3 is 2.06 bits per heavy atom. The summed E-state index contributed by atoms with van der Waals surface area (Å²) in [6, 6.07) is 26.0. The molecule has 54 heavy (non-hydrogen) atoms. The van der Waals surface area contributed by atoms with Crippen LogP contribution >= 0.6 is 24.8 Å².